The molecule has 0 radical (unpaired) electrons. The molecule has 9 nitrogen and oxygen atoms in total. The Bertz CT molecular complexity index is 1200. The van der Waals surface area contributed by atoms with Gasteiger partial charge in [0.05, 0.1) is 5.69 Å². The van der Waals surface area contributed by atoms with E-state index in [0.717, 1.165) is 32.1 Å². The Labute approximate surface area is 189 Å². The standard InChI is InChI=1S/C23H25FN6O3/c1-12-26-19(33-29-12)10-13-2-4-14(5-3-13)16-7-6-15(11-17(16)24)30-9-8-18-20(22(30)31)21(25)28-23(32)27-18/h6-7,11,13-14H,2-5,8-10H2,1H3,(H3,25,27,28,32)/t13-,14-. The summed E-state index contributed by atoms with van der Waals surface area (Å²) in [7, 11) is 0. The van der Waals surface area contributed by atoms with Crippen molar-refractivity contribution in [3.05, 3.63) is 52.6 Å². The lowest BCUT2D eigenvalue weighted by atomic mass is 9.77. The highest BCUT2D eigenvalue weighted by Crippen LogP contribution is 2.39. The molecule has 1 amide bonds. The molecule has 2 aliphatic rings. The van der Waals surface area contributed by atoms with Gasteiger partial charge in [0, 0.05) is 25.1 Å². The van der Waals surface area contributed by atoms with Crippen LogP contribution in [0.1, 0.15) is 64.9 Å². The van der Waals surface area contributed by atoms with Gasteiger partial charge in [-0.3, -0.25) is 4.79 Å². The van der Waals surface area contributed by atoms with E-state index in [2.05, 4.69) is 20.1 Å². The van der Waals surface area contributed by atoms with Gasteiger partial charge in [0.2, 0.25) is 5.89 Å². The zero-order valence-corrected chi connectivity index (χ0v) is 18.3. The Hall–Kier alpha value is -3.56. The molecule has 33 heavy (non-hydrogen) atoms. The number of amides is 1. The van der Waals surface area contributed by atoms with E-state index in [1.807, 2.05) is 0 Å². The van der Waals surface area contributed by atoms with Gasteiger partial charge < -0.3 is 20.3 Å². The quantitative estimate of drug-likeness (QED) is 0.616. The molecule has 1 aliphatic heterocycles. The van der Waals surface area contributed by atoms with E-state index in [9.17, 15) is 9.90 Å². The highest BCUT2D eigenvalue weighted by molar-refractivity contribution is 6.10. The second kappa shape index (κ2) is 8.42. The Morgan fingerprint density at radius 2 is 2.00 bits per heavy atom. The van der Waals surface area contributed by atoms with Crippen LogP contribution in [-0.2, 0) is 12.8 Å². The molecular formula is C23H25FN6O3. The number of anilines is 2. The number of rotatable bonds is 4. The predicted octanol–water partition coefficient (Wildman–Crippen LogP) is 3.31. The third-order valence-electron chi connectivity index (χ3n) is 6.65. The maximum Gasteiger partial charge on any atom is 0.316 e. The summed E-state index contributed by atoms with van der Waals surface area (Å²) in [6.07, 6.45) is 4.89. The summed E-state index contributed by atoms with van der Waals surface area (Å²) >= 11 is 0. The Kier molecular flexibility index (Phi) is 5.43. The van der Waals surface area contributed by atoms with Crippen LogP contribution in [0.2, 0.25) is 0 Å². The van der Waals surface area contributed by atoms with E-state index in [1.165, 1.54) is 11.0 Å². The fourth-order valence-electron chi connectivity index (χ4n) is 4.99. The lowest BCUT2D eigenvalue weighted by molar-refractivity contribution is 0.0980. The molecule has 0 atom stereocenters. The number of benzene rings is 1. The third kappa shape index (κ3) is 4.12. The molecule has 1 fully saturated rings. The number of nitrogens with zero attached hydrogens (tertiary/aromatic N) is 5. The molecule has 0 unspecified atom stereocenters. The van der Waals surface area contributed by atoms with Crippen molar-refractivity contribution in [3.63, 3.8) is 0 Å². The molecule has 1 aromatic carbocycles. The molecule has 1 aliphatic carbocycles. The summed E-state index contributed by atoms with van der Waals surface area (Å²) < 4.78 is 20.4. The van der Waals surface area contributed by atoms with Gasteiger partial charge in [0.25, 0.3) is 5.91 Å². The molecule has 5 rings (SSSR count). The molecule has 2 aromatic heterocycles. The largest absolute Gasteiger partial charge is 0.479 e. The van der Waals surface area contributed by atoms with E-state index in [-0.39, 0.29) is 23.1 Å². The van der Waals surface area contributed by atoms with Crippen LogP contribution in [0.4, 0.5) is 15.9 Å². The summed E-state index contributed by atoms with van der Waals surface area (Å²) in [6, 6.07) is 4.54. The molecule has 1 saturated carbocycles. The smallest absolute Gasteiger partial charge is 0.316 e. The van der Waals surface area contributed by atoms with Crippen molar-refractivity contribution in [2.24, 2.45) is 5.92 Å². The molecule has 3 heterocycles. The summed E-state index contributed by atoms with van der Waals surface area (Å²) in [6.45, 7) is 2.13. The highest BCUT2D eigenvalue weighted by Gasteiger charge is 2.31. The number of fused-ring (bicyclic) bond motifs is 1. The second-order valence-corrected chi connectivity index (χ2v) is 8.80. The van der Waals surface area contributed by atoms with Crippen LogP contribution >= 0.6 is 0 Å². The number of aromatic hydroxyl groups is 1. The number of hydrogen-bond donors (Lipinski definition) is 2. The number of aryl methyl sites for hydroxylation is 1. The number of aromatic nitrogens is 4. The number of nitrogens with two attached hydrogens (primary N) is 1. The number of carbonyl (C=O) groups excluding carboxylic acids is 1. The average Bonchev–Trinajstić information content (AvgIpc) is 3.18. The Balaban J connectivity index is 1.28. The zero-order chi connectivity index (χ0) is 23.1. The first-order valence-corrected chi connectivity index (χ1v) is 11.1. The SMILES string of the molecule is Cc1noc(C[C@H]2CC[C@H](c3ccc(N4CCc5nc(O)nc(N)c5C4=O)cc3F)CC2)n1. The van der Waals surface area contributed by atoms with Crippen molar-refractivity contribution >= 4 is 17.4 Å². The minimum Gasteiger partial charge on any atom is -0.479 e. The summed E-state index contributed by atoms with van der Waals surface area (Å²) in [5.41, 5.74) is 7.57. The maximum atomic E-state index is 15.1. The van der Waals surface area contributed by atoms with E-state index < -0.39 is 11.9 Å². The first-order chi connectivity index (χ1) is 15.9. The molecule has 10 heteroatoms. The molecule has 0 bridgehead atoms. The highest BCUT2D eigenvalue weighted by atomic mass is 19.1. The molecular weight excluding hydrogens is 427 g/mol. The normalized spacial score (nSPS) is 20.7. The van der Waals surface area contributed by atoms with Crippen LogP contribution in [0.5, 0.6) is 6.01 Å². The lowest BCUT2D eigenvalue weighted by Gasteiger charge is -2.30. The predicted molar refractivity (Wildman–Crippen MR) is 117 cm³/mol. The number of hydrogen-bond acceptors (Lipinski definition) is 8. The van der Waals surface area contributed by atoms with Gasteiger partial charge >= 0.3 is 6.01 Å². The molecule has 0 saturated heterocycles. The van der Waals surface area contributed by atoms with Crippen LogP contribution in [0.25, 0.3) is 0 Å². The second-order valence-electron chi connectivity index (χ2n) is 8.80. The minimum absolute atomic E-state index is 0.0725. The zero-order valence-electron chi connectivity index (χ0n) is 18.3. The molecule has 0 spiro atoms. The van der Waals surface area contributed by atoms with Crippen molar-refractivity contribution in [2.75, 3.05) is 17.2 Å². The minimum atomic E-state index is -0.454. The first kappa shape index (κ1) is 21.3. The van der Waals surface area contributed by atoms with Gasteiger partial charge in [-0.1, -0.05) is 11.2 Å². The van der Waals surface area contributed by atoms with Gasteiger partial charge in [-0.05, 0) is 62.1 Å². The summed E-state index contributed by atoms with van der Waals surface area (Å²) in [5, 5.41) is 13.4. The molecule has 3 N–H and O–H groups in total. The fraction of sp³-hybridized carbons (Fsp3) is 0.435. The number of nitrogen functional groups attached to an aromatic ring is 1. The average molecular weight is 452 g/mol. The monoisotopic (exact) mass is 452 g/mol. The van der Waals surface area contributed by atoms with Gasteiger partial charge in [-0.15, -0.1) is 0 Å². The van der Waals surface area contributed by atoms with Gasteiger partial charge in [0.1, 0.15) is 17.2 Å². The molecule has 3 aromatic rings. The van der Waals surface area contributed by atoms with Crippen molar-refractivity contribution in [2.45, 2.75) is 51.4 Å². The molecule has 172 valence electrons. The van der Waals surface area contributed by atoms with E-state index >= 15 is 4.39 Å². The van der Waals surface area contributed by atoms with Crippen molar-refractivity contribution in [3.8, 4) is 6.01 Å². The van der Waals surface area contributed by atoms with Crippen molar-refractivity contribution in [1.82, 2.24) is 20.1 Å². The maximum absolute atomic E-state index is 15.1. The van der Waals surface area contributed by atoms with Gasteiger partial charge in [-0.25, -0.2) is 4.39 Å². The number of carbonyl (C=O) groups is 1. The van der Waals surface area contributed by atoms with Crippen molar-refractivity contribution in [1.29, 1.82) is 0 Å². The Morgan fingerprint density at radius 1 is 1.21 bits per heavy atom. The topological polar surface area (TPSA) is 131 Å². The number of halogens is 1. The van der Waals surface area contributed by atoms with Crippen LogP contribution in [0, 0.1) is 18.7 Å². The summed E-state index contributed by atoms with van der Waals surface area (Å²) in [4.78, 5) is 26.3. The lowest BCUT2D eigenvalue weighted by Crippen LogP contribution is -2.39. The van der Waals surface area contributed by atoms with E-state index in [1.54, 1.807) is 19.1 Å². The van der Waals surface area contributed by atoms with E-state index in [4.69, 9.17) is 10.3 Å². The van der Waals surface area contributed by atoms with Crippen LogP contribution in [0.15, 0.2) is 22.7 Å². The fourth-order valence-corrected chi connectivity index (χ4v) is 4.99. The van der Waals surface area contributed by atoms with Crippen molar-refractivity contribution < 1.29 is 18.8 Å². The first-order valence-electron chi connectivity index (χ1n) is 11.1. The van der Waals surface area contributed by atoms with Crippen LogP contribution in [-0.4, -0.2) is 37.7 Å². The summed E-state index contributed by atoms with van der Waals surface area (Å²) in [5.74, 6) is 1.14. The van der Waals surface area contributed by atoms with Gasteiger partial charge in [-0.2, -0.15) is 15.0 Å². The van der Waals surface area contributed by atoms with Gasteiger partial charge in [0.15, 0.2) is 5.82 Å². The van der Waals surface area contributed by atoms with Crippen LogP contribution in [0.3, 0.4) is 0 Å². The third-order valence-corrected chi connectivity index (χ3v) is 6.65. The Morgan fingerprint density at radius 3 is 2.70 bits per heavy atom. The van der Waals surface area contributed by atoms with Crippen LogP contribution < -0.4 is 10.6 Å². The van der Waals surface area contributed by atoms with E-state index in [0.29, 0.717) is 47.5 Å².